The molecule has 0 aromatic rings. The molecule has 0 spiro atoms. The van der Waals surface area contributed by atoms with Crippen LogP contribution in [-0.4, -0.2) is 19.8 Å². The van der Waals surface area contributed by atoms with Gasteiger partial charge in [-0.1, -0.05) is 0 Å². The summed E-state index contributed by atoms with van der Waals surface area (Å²) in [4.78, 5) is 0. The standard InChI is InChI=1S/3C2H5O.CH3.Hf/c3*1-2-3;;/h3*2H2,1H3;1H3;/q3*-1;;+3. The summed E-state index contributed by atoms with van der Waals surface area (Å²) < 4.78 is 18.5. The molecule has 0 aromatic heterocycles. The van der Waals surface area contributed by atoms with Crippen LogP contribution in [0.3, 0.4) is 0 Å². The zero-order valence-electron chi connectivity index (χ0n) is 7.85. The predicted octanol–water partition coefficient (Wildman–Crippen LogP) is 2.04. The number of hydrogen-bond acceptors (Lipinski definition) is 3. The molecule has 0 radical (unpaired) electrons. The first-order valence-electron chi connectivity index (χ1n) is 4.10. The molecule has 0 amide bonds. The number of hydrogen-bond donors (Lipinski definition) is 0. The summed E-state index contributed by atoms with van der Waals surface area (Å²) in [5.41, 5.74) is 0. The molecule has 0 aliphatic carbocycles. The van der Waals surface area contributed by atoms with E-state index in [0.29, 0.717) is 19.8 Å². The first-order chi connectivity index (χ1) is 5.18. The van der Waals surface area contributed by atoms with E-state index in [-0.39, 0.29) is 0 Å². The van der Waals surface area contributed by atoms with E-state index in [1.54, 1.807) is 0 Å². The Morgan fingerprint density at radius 3 is 1.27 bits per heavy atom. The van der Waals surface area contributed by atoms with E-state index in [2.05, 4.69) is 0 Å². The fraction of sp³-hybridized carbons (Fsp3) is 1.00. The van der Waals surface area contributed by atoms with Crippen LogP contribution in [0.5, 0.6) is 0 Å². The van der Waals surface area contributed by atoms with Crippen molar-refractivity contribution in [3.8, 4) is 0 Å². The van der Waals surface area contributed by atoms with Crippen LogP contribution in [0.4, 0.5) is 0 Å². The molecule has 0 saturated heterocycles. The summed E-state index contributed by atoms with van der Waals surface area (Å²) in [7, 11) is 0. The third kappa shape index (κ3) is 5.06. The van der Waals surface area contributed by atoms with Gasteiger partial charge in [-0.15, -0.1) is 0 Å². The summed E-state index contributed by atoms with van der Waals surface area (Å²) in [5.74, 6) is 0. The molecule has 0 bridgehead atoms. The SMILES string of the molecule is CC[O][Hf]([CH3])([O]CC)[O]CC. The van der Waals surface area contributed by atoms with Crippen LogP contribution >= 0.6 is 0 Å². The first-order valence-corrected chi connectivity index (χ1v) is 12.1. The van der Waals surface area contributed by atoms with Gasteiger partial charge in [-0.3, -0.25) is 0 Å². The Balaban J connectivity index is 3.79. The zero-order valence-corrected chi connectivity index (χ0v) is 11.4. The van der Waals surface area contributed by atoms with Crippen LogP contribution in [0.2, 0.25) is 4.68 Å². The summed E-state index contributed by atoms with van der Waals surface area (Å²) >= 11 is -3.09. The van der Waals surface area contributed by atoms with Crippen molar-refractivity contribution < 1.29 is 29.8 Å². The molecule has 0 atom stereocenters. The number of rotatable bonds is 6. The summed E-state index contributed by atoms with van der Waals surface area (Å²) in [6.45, 7) is 7.98. The third-order valence-electron chi connectivity index (χ3n) is 1.22. The van der Waals surface area contributed by atoms with Crippen molar-refractivity contribution in [3.05, 3.63) is 0 Å². The van der Waals surface area contributed by atoms with Crippen molar-refractivity contribution in [2.75, 3.05) is 19.8 Å². The molecule has 0 aliphatic rings. The van der Waals surface area contributed by atoms with Gasteiger partial charge in [0.15, 0.2) is 0 Å². The Bertz CT molecular complexity index is 80.7. The fourth-order valence-corrected chi connectivity index (χ4v) is 7.46. The minimum atomic E-state index is -3.09. The van der Waals surface area contributed by atoms with Gasteiger partial charge in [-0.05, 0) is 0 Å². The molecule has 0 fully saturated rings. The average molecular weight is 329 g/mol. The topological polar surface area (TPSA) is 27.7 Å². The van der Waals surface area contributed by atoms with E-state index < -0.39 is 21.3 Å². The molecule has 68 valence electrons. The van der Waals surface area contributed by atoms with E-state index >= 15 is 0 Å². The maximum atomic E-state index is 5.49. The summed E-state index contributed by atoms with van der Waals surface area (Å²) in [5, 5.41) is 0. The first kappa shape index (κ1) is 11.8. The molecular formula is C7H18HfO3. The average Bonchev–Trinajstić information content (AvgIpc) is 1.88. The van der Waals surface area contributed by atoms with E-state index in [1.807, 2.05) is 25.5 Å². The van der Waals surface area contributed by atoms with E-state index in [0.717, 1.165) is 0 Å². The van der Waals surface area contributed by atoms with Gasteiger partial charge < -0.3 is 0 Å². The fourth-order valence-electron chi connectivity index (χ4n) is 0.912. The second kappa shape index (κ2) is 6.29. The second-order valence-electron chi connectivity index (χ2n) is 2.16. The predicted molar refractivity (Wildman–Crippen MR) is 40.7 cm³/mol. The molecule has 0 unspecified atom stereocenters. The molecular weight excluding hydrogens is 311 g/mol. The van der Waals surface area contributed by atoms with Crippen LogP contribution in [0.1, 0.15) is 20.8 Å². The van der Waals surface area contributed by atoms with Crippen molar-refractivity contribution >= 4 is 0 Å². The van der Waals surface area contributed by atoms with E-state index in [4.69, 9.17) is 8.56 Å². The van der Waals surface area contributed by atoms with Gasteiger partial charge in [0.1, 0.15) is 0 Å². The second-order valence-corrected chi connectivity index (χ2v) is 11.5. The molecule has 0 aliphatic heterocycles. The van der Waals surface area contributed by atoms with Crippen LogP contribution in [-0.2, 0) is 29.8 Å². The molecule has 0 rings (SSSR count). The molecule has 0 aromatic carbocycles. The minimum absolute atomic E-state index is 0.693. The molecule has 0 saturated carbocycles. The Hall–Kier alpha value is 0.750. The van der Waals surface area contributed by atoms with Gasteiger partial charge in [0.2, 0.25) is 0 Å². The Labute approximate surface area is 75.2 Å². The molecule has 4 heteroatoms. The quantitative estimate of drug-likeness (QED) is 0.698. The van der Waals surface area contributed by atoms with Crippen molar-refractivity contribution in [3.63, 3.8) is 0 Å². The van der Waals surface area contributed by atoms with Crippen LogP contribution in [0, 0.1) is 0 Å². The van der Waals surface area contributed by atoms with Crippen LogP contribution < -0.4 is 0 Å². The Kier molecular flexibility index (Phi) is 6.72. The molecule has 3 nitrogen and oxygen atoms in total. The van der Waals surface area contributed by atoms with Crippen molar-refractivity contribution in [2.24, 2.45) is 0 Å². The normalized spacial score (nSPS) is 12.0. The van der Waals surface area contributed by atoms with Gasteiger partial charge in [0.05, 0.1) is 0 Å². The van der Waals surface area contributed by atoms with Gasteiger partial charge in [-0.25, -0.2) is 0 Å². The van der Waals surface area contributed by atoms with Crippen molar-refractivity contribution in [1.29, 1.82) is 0 Å². The Morgan fingerprint density at radius 2 is 1.09 bits per heavy atom. The summed E-state index contributed by atoms with van der Waals surface area (Å²) in [6.07, 6.45) is 0. The van der Waals surface area contributed by atoms with Crippen LogP contribution in [0.25, 0.3) is 0 Å². The Morgan fingerprint density at radius 1 is 0.818 bits per heavy atom. The summed E-state index contributed by atoms with van der Waals surface area (Å²) in [6, 6.07) is 0. The maximum absolute atomic E-state index is 5.49. The van der Waals surface area contributed by atoms with Gasteiger partial charge in [0.25, 0.3) is 0 Å². The third-order valence-corrected chi connectivity index (χ3v) is 9.98. The molecule has 0 heterocycles. The molecule has 11 heavy (non-hydrogen) atoms. The molecule has 0 N–H and O–H groups in total. The zero-order chi connectivity index (χ0) is 8.74. The van der Waals surface area contributed by atoms with Gasteiger partial charge in [0, 0.05) is 0 Å². The van der Waals surface area contributed by atoms with Crippen LogP contribution in [0.15, 0.2) is 0 Å². The van der Waals surface area contributed by atoms with E-state index in [9.17, 15) is 0 Å². The monoisotopic (exact) mass is 330 g/mol. The van der Waals surface area contributed by atoms with Gasteiger partial charge >= 0.3 is 75.1 Å². The van der Waals surface area contributed by atoms with Crippen molar-refractivity contribution in [2.45, 2.75) is 25.5 Å². The van der Waals surface area contributed by atoms with E-state index in [1.165, 1.54) is 0 Å². The van der Waals surface area contributed by atoms with Gasteiger partial charge in [-0.2, -0.15) is 0 Å². The van der Waals surface area contributed by atoms with Crippen molar-refractivity contribution in [1.82, 2.24) is 0 Å².